The van der Waals surface area contributed by atoms with Crippen molar-refractivity contribution in [3.05, 3.63) is 48.3 Å². The first-order valence-corrected chi connectivity index (χ1v) is 6.21. The first-order chi connectivity index (χ1) is 10.2. The summed E-state index contributed by atoms with van der Waals surface area (Å²) in [6, 6.07) is 11.5. The van der Waals surface area contributed by atoms with E-state index in [1.807, 2.05) is 0 Å². The molecule has 1 aromatic heterocycles. The molecule has 1 heterocycles. The third-order valence-corrected chi connectivity index (χ3v) is 2.99. The molecule has 3 aromatic rings. The van der Waals surface area contributed by atoms with E-state index in [1.165, 1.54) is 19.2 Å². The van der Waals surface area contributed by atoms with Crippen LogP contribution in [0.1, 0.15) is 0 Å². The molecular weight excluding hydrogens is 273 g/mol. The van der Waals surface area contributed by atoms with Crippen molar-refractivity contribution in [3.63, 3.8) is 0 Å². The summed E-state index contributed by atoms with van der Waals surface area (Å²) in [5.41, 5.74) is 7.66. The van der Waals surface area contributed by atoms with Gasteiger partial charge in [0, 0.05) is 16.8 Å². The Balaban J connectivity index is 1.96. The van der Waals surface area contributed by atoms with Crippen LogP contribution in [0, 0.1) is 5.82 Å². The van der Waals surface area contributed by atoms with Gasteiger partial charge in [-0.2, -0.15) is 4.98 Å². The van der Waals surface area contributed by atoms with Crippen molar-refractivity contribution in [2.75, 3.05) is 12.8 Å². The van der Waals surface area contributed by atoms with Crippen LogP contribution in [0.5, 0.6) is 5.75 Å². The lowest BCUT2D eigenvalue weighted by molar-refractivity contribution is 0.386. The summed E-state index contributed by atoms with van der Waals surface area (Å²) in [7, 11) is 1.40. The molecule has 0 aliphatic carbocycles. The van der Waals surface area contributed by atoms with Gasteiger partial charge in [-0.25, -0.2) is 4.39 Å². The SMILES string of the molecule is COc1cc(-c2noc(-c3ccc(N)cc3)n2)ccc1F. The Hall–Kier alpha value is -2.89. The molecular formula is C15H12FN3O2. The van der Waals surface area contributed by atoms with Crippen LogP contribution in [0.25, 0.3) is 22.8 Å². The molecule has 0 aliphatic rings. The van der Waals surface area contributed by atoms with Crippen LogP contribution < -0.4 is 10.5 Å². The summed E-state index contributed by atoms with van der Waals surface area (Å²) < 4.78 is 23.5. The number of nitrogen functional groups attached to an aromatic ring is 1. The average Bonchev–Trinajstić information content (AvgIpc) is 2.98. The minimum atomic E-state index is -0.441. The van der Waals surface area contributed by atoms with Gasteiger partial charge in [-0.05, 0) is 42.5 Å². The highest BCUT2D eigenvalue weighted by Crippen LogP contribution is 2.26. The van der Waals surface area contributed by atoms with Gasteiger partial charge in [0.15, 0.2) is 11.6 Å². The van der Waals surface area contributed by atoms with Gasteiger partial charge in [-0.1, -0.05) is 5.16 Å². The minimum absolute atomic E-state index is 0.131. The zero-order valence-corrected chi connectivity index (χ0v) is 11.2. The maximum atomic E-state index is 13.4. The van der Waals surface area contributed by atoms with E-state index in [9.17, 15) is 4.39 Å². The molecule has 0 fully saturated rings. The largest absolute Gasteiger partial charge is 0.494 e. The number of benzene rings is 2. The van der Waals surface area contributed by atoms with Crippen LogP contribution in [0.15, 0.2) is 47.0 Å². The fraction of sp³-hybridized carbons (Fsp3) is 0.0667. The van der Waals surface area contributed by atoms with E-state index in [2.05, 4.69) is 10.1 Å². The van der Waals surface area contributed by atoms with Crippen molar-refractivity contribution in [3.8, 4) is 28.6 Å². The summed E-state index contributed by atoms with van der Waals surface area (Å²) in [4.78, 5) is 4.29. The van der Waals surface area contributed by atoms with Crippen LogP contribution in [0.3, 0.4) is 0 Å². The Morgan fingerprint density at radius 3 is 2.52 bits per heavy atom. The molecule has 2 aromatic carbocycles. The smallest absolute Gasteiger partial charge is 0.258 e. The molecule has 0 saturated carbocycles. The van der Waals surface area contributed by atoms with Crippen molar-refractivity contribution in [1.29, 1.82) is 0 Å². The second kappa shape index (κ2) is 5.24. The lowest BCUT2D eigenvalue weighted by atomic mass is 10.2. The quantitative estimate of drug-likeness (QED) is 0.748. The van der Waals surface area contributed by atoms with Crippen molar-refractivity contribution >= 4 is 5.69 Å². The Morgan fingerprint density at radius 2 is 1.81 bits per heavy atom. The number of ether oxygens (including phenoxy) is 1. The number of nitrogens with two attached hydrogens (primary N) is 1. The summed E-state index contributed by atoms with van der Waals surface area (Å²) in [6.07, 6.45) is 0. The molecule has 3 rings (SSSR count). The molecule has 0 bridgehead atoms. The van der Waals surface area contributed by atoms with Gasteiger partial charge in [0.2, 0.25) is 5.82 Å². The Kier molecular flexibility index (Phi) is 3.27. The third kappa shape index (κ3) is 2.55. The maximum Gasteiger partial charge on any atom is 0.258 e. The fourth-order valence-corrected chi connectivity index (χ4v) is 1.88. The van der Waals surface area contributed by atoms with Crippen LogP contribution in [0.4, 0.5) is 10.1 Å². The number of anilines is 1. The molecule has 0 saturated heterocycles. The highest BCUT2D eigenvalue weighted by atomic mass is 19.1. The highest BCUT2D eigenvalue weighted by Gasteiger charge is 2.12. The zero-order valence-electron chi connectivity index (χ0n) is 11.2. The van der Waals surface area contributed by atoms with E-state index in [0.29, 0.717) is 23.0 Å². The summed E-state index contributed by atoms with van der Waals surface area (Å²) in [5, 5.41) is 3.89. The molecule has 0 aliphatic heterocycles. The second-order valence-electron chi connectivity index (χ2n) is 4.39. The standard InChI is InChI=1S/C15H12FN3O2/c1-20-13-8-10(4-7-12(13)16)14-18-15(21-19-14)9-2-5-11(17)6-3-9/h2-8H,17H2,1H3. The zero-order chi connectivity index (χ0) is 14.8. The number of methoxy groups -OCH3 is 1. The van der Waals surface area contributed by atoms with E-state index in [-0.39, 0.29) is 5.75 Å². The van der Waals surface area contributed by atoms with Crippen molar-refractivity contribution < 1.29 is 13.7 Å². The molecule has 0 unspecified atom stereocenters. The Morgan fingerprint density at radius 1 is 1.10 bits per heavy atom. The number of nitrogens with zero attached hydrogens (tertiary/aromatic N) is 2. The minimum Gasteiger partial charge on any atom is -0.494 e. The summed E-state index contributed by atoms with van der Waals surface area (Å²) in [5.74, 6) is 0.420. The highest BCUT2D eigenvalue weighted by molar-refractivity contribution is 5.62. The summed E-state index contributed by atoms with van der Waals surface area (Å²) >= 11 is 0. The van der Waals surface area contributed by atoms with Gasteiger partial charge in [0.25, 0.3) is 5.89 Å². The van der Waals surface area contributed by atoms with Crippen molar-refractivity contribution in [1.82, 2.24) is 10.1 Å². The normalized spacial score (nSPS) is 10.6. The van der Waals surface area contributed by atoms with Gasteiger partial charge in [-0.15, -0.1) is 0 Å². The van der Waals surface area contributed by atoms with Crippen molar-refractivity contribution in [2.45, 2.75) is 0 Å². The van der Waals surface area contributed by atoms with Crippen LogP contribution in [0.2, 0.25) is 0 Å². The maximum absolute atomic E-state index is 13.4. The molecule has 0 spiro atoms. The Labute approximate surface area is 120 Å². The first kappa shape index (κ1) is 13.1. The van der Waals surface area contributed by atoms with Crippen LogP contribution >= 0.6 is 0 Å². The van der Waals surface area contributed by atoms with Gasteiger partial charge < -0.3 is 15.0 Å². The monoisotopic (exact) mass is 285 g/mol. The number of hydrogen-bond donors (Lipinski definition) is 1. The number of aromatic nitrogens is 2. The average molecular weight is 285 g/mol. The molecule has 106 valence electrons. The van der Waals surface area contributed by atoms with E-state index in [0.717, 1.165) is 5.56 Å². The number of hydrogen-bond acceptors (Lipinski definition) is 5. The van der Waals surface area contributed by atoms with E-state index in [4.69, 9.17) is 15.0 Å². The van der Waals surface area contributed by atoms with Gasteiger partial charge >= 0.3 is 0 Å². The molecule has 0 atom stereocenters. The lowest BCUT2D eigenvalue weighted by Crippen LogP contribution is -1.89. The second-order valence-corrected chi connectivity index (χ2v) is 4.39. The molecule has 2 N–H and O–H groups in total. The van der Waals surface area contributed by atoms with E-state index in [1.54, 1.807) is 30.3 Å². The van der Waals surface area contributed by atoms with E-state index >= 15 is 0 Å². The van der Waals surface area contributed by atoms with Gasteiger partial charge in [0.1, 0.15) is 0 Å². The molecule has 6 heteroatoms. The third-order valence-electron chi connectivity index (χ3n) is 2.99. The molecule has 21 heavy (non-hydrogen) atoms. The Bertz CT molecular complexity index is 769. The first-order valence-electron chi connectivity index (χ1n) is 6.21. The summed E-state index contributed by atoms with van der Waals surface area (Å²) in [6.45, 7) is 0. The predicted molar refractivity (Wildman–Crippen MR) is 76.1 cm³/mol. The fourth-order valence-electron chi connectivity index (χ4n) is 1.88. The predicted octanol–water partition coefficient (Wildman–Crippen LogP) is 3.13. The van der Waals surface area contributed by atoms with Gasteiger partial charge in [0.05, 0.1) is 7.11 Å². The number of halogens is 1. The molecule has 5 nitrogen and oxygen atoms in total. The van der Waals surface area contributed by atoms with Gasteiger partial charge in [-0.3, -0.25) is 0 Å². The molecule has 0 radical (unpaired) electrons. The lowest BCUT2D eigenvalue weighted by Gasteiger charge is -2.02. The van der Waals surface area contributed by atoms with Crippen molar-refractivity contribution in [2.24, 2.45) is 0 Å². The van der Waals surface area contributed by atoms with Crippen LogP contribution in [-0.4, -0.2) is 17.3 Å². The number of rotatable bonds is 3. The van der Waals surface area contributed by atoms with E-state index < -0.39 is 5.82 Å². The van der Waals surface area contributed by atoms with Crippen LogP contribution in [-0.2, 0) is 0 Å². The molecule has 0 amide bonds. The topological polar surface area (TPSA) is 74.2 Å².